The second-order valence-electron chi connectivity index (χ2n) is 7.78. The predicted molar refractivity (Wildman–Crippen MR) is 116 cm³/mol. The third-order valence-electron chi connectivity index (χ3n) is 4.47. The minimum atomic E-state index is -0.764. The van der Waals surface area contributed by atoms with Gasteiger partial charge in [0.25, 0.3) is 5.91 Å². The summed E-state index contributed by atoms with van der Waals surface area (Å²) in [5.41, 5.74) is 2.20. The fourth-order valence-corrected chi connectivity index (χ4v) is 3.50. The summed E-state index contributed by atoms with van der Waals surface area (Å²) in [6.45, 7) is 7.10. The summed E-state index contributed by atoms with van der Waals surface area (Å²) >= 11 is 1.45. The zero-order valence-electron chi connectivity index (χ0n) is 16.9. The molecule has 0 aliphatic heterocycles. The molecule has 5 heteroatoms. The number of carboxylic acid groups (broad SMARTS) is 1. The molecule has 1 aromatic heterocycles. The first-order valence-corrected chi connectivity index (χ1v) is 10.5. The zero-order chi connectivity index (χ0) is 20.6. The second kappa shape index (κ2) is 10.2. The van der Waals surface area contributed by atoms with Gasteiger partial charge in [0.2, 0.25) is 0 Å². The average Bonchev–Trinajstić information content (AvgIpc) is 3.17. The van der Waals surface area contributed by atoms with Crippen LogP contribution in [0.25, 0.3) is 0 Å². The highest BCUT2D eigenvalue weighted by Crippen LogP contribution is 2.26. The van der Waals surface area contributed by atoms with E-state index in [1.165, 1.54) is 16.9 Å². The summed E-state index contributed by atoms with van der Waals surface area (Å²) in [4.78, 5) is 26.1. The van der Waals surface area contributed by atoms with Gasteiger partial charge in [0.05, 0.1) is 4.88 Å². The molecular weight excluding hydrogens is 370 g/mol. The Labute approximate surface area is 171 Å². The molecule has 1 aromatic carbocycles. The first-order valence-electron chi connectivity index (χ1n) is 9.62. The fourth-order valence-electron chi connectivity index (χ4n) is 2.83. The molecule has 1 amide bonds. The summed E-state index contributed by atoms with van der Waals surface area (Å²) < 4.78 is 0. The summed E-state index contributed by atoms with van der Waals surface area (Å²) in [6, 6.07) is 12.0. The van der Waals surface area contributed by atoms with Crippen LogP contribution in [0.1, 0.15) is 61.7 Å². The lowest BCUT2D eigenvalue weighted by atomic mass is 9.87. The van der Waals surface area contributed by atoms with E-state index in [9.17, 15) is 9.59 Å². The lowest BCUT2D eigenvalue weighted by Crippen LogP contribution is -2.31. The number of carbonyl (C=O) groups is 2. The monoisotopic (exact) mass is 399 g/mol. The van der Waals surface area contributed by atoms with Gasteiger partial charge in [-0.25, -0.2) is 0 Å². The van der Waals surface area contributed by atoms with Gasteiger partial charge >= 0.3 is 5.97 Å². The van der Waals surface area contributed by atoms with Crippen molar-refractivity contribution >= 4 is 28.9 Å². The van der Waals surface area contributed by atoms with Crippen LogP contribution in [-0.4, -0.2) is 23.5 Å². The molecule has 0 saturated carbocycles. The van der Waals surface area contributed by atoms with Crippen molar-refractivity contribution in [2.24, 2.45) is 0 Å². The number of rotatable bonds is 9. The van der Waals surface area contributed by atoms with Gasteiger partial charge in [0.15, 0.2) is 0 Å². The topological polar surface area (TPSA) is 57.6 Å². The Kier molecular flexibility index (Phi) is 8.00. The van der Waals surface area contributed by atoms with Gasteiger partial charge in [-0.05, 0) is 53.8 Å². The van der Waals surface area contributed by atoms with E-state index in [0.717, 1.165) is 23.4 Å². The average molecular weight is 400 g/mol. The number of benzene rings is 1. The Morgan fingerprint density at radius 3 is 2.32 bits per heavy atom. The number of hydrogen-bond donors (Lipinski definition) is 1. The maximum absolute atomic E-state index is 13.0. The number of hydrogen-bond acceptors (Lipinski definition) is 3. The summed E-state index contributed by atoms with van der Waals surface area (Å²) in [5, 5.41) is 10.6. The molecule has 0 spiro atoms. The number of nitrogens with zero attached hydrogens (tertiary/aromatic N) is 1. The van der Waals surface area contributed by atoms with Crippen molar-refractivity contribution in [1.82, 2.24) is 0 Å². The highest BCUT2D eigenvalue weighted by molar-refractivity contribution is 7.12. The van der Waals surface area contributed by atoms with E-state index in [1.807, 2.05) is 46.7 Å². The zero-order valence-corrected chi connectivity index (χ0v) is 17.7. The van der Waals surface area contributed by atoms with Gasteiger partial charge in [-0.3, -0.25) is 9.59 Å². The molecule has 0 saturated heterocycles. The van der Waals surface area contributed by atoms with Crippen LogP contribution in [0.15, 0.2) is 53.9 Å². The van der Waals surface area contributed by atoms with Crippen molar-refractivity contribution in [1.29, 1.82) is 0 Å². The standard InChI is InChI=1S/C23H29NO3S/c1-23(2,3)18-12-14-19(15-13-18)24(22(27)20-10-9-17-28-20)16-8-6-4-5-7-11-21(25)26/h4,6,9-10,12-15,17H,5,7-8,11,16H2,1-3H3,(H,25,26). The van der Waals surface area contributed by atoms with Crippen LogP contribution in [0, 0.1) is 0 Å². The number of thiophene rings is 1. The molecule has 28 heavy (non-hydrogen) atoms. The number of anilines is 1. The van der Waals surface area contributed by atoms with E-state index in [4.69, 9.17) is 5.11 Å². The van der Waals surface area contributed by atoms with Crippen LogP contribution in [0.3, 0.4) is 0 Å². The molecule has 0 bridgehead atoms. The van der Waals surface area contributed by atoms with Crippen molar-refractivity contribution < 1.29 is 14.7 Å². The van der Waals surface area contributed by atoms with Crippen molar-refractivity contribution in [3.8, 4) is 0 Å². The molecule has 2 aromatic rings. The van der Waals surface area contributed by atoms with E-state index in [2.05, 4.69) is 32.9 Å². The second-order valence-corrected chi connectivity index (χ2v) is 8.72. The van der Waals surface area contributed by atoms with Gasteiger partial charge in [-0.2, -0.15) is 0 Å². The van der Waals surface area contributed by atoms with Crippen molar-refractivity contribution in [2.45, 2.75) is 51.9 Å². The normalized spacial score (nSPS) is 11.7. The maximum atomic E-state index is 13.0. The third-order valence-corrected chi connectivity index (χ3v) is 5.33. The number of carboxylic acids is 1. The van der Waals surface area contributed by atoms with Gasteiger partial charge in [-0.1, -0.05) is 51.1 Å². The minimum Gasteiger partial charge on any atom is -0.481 e. The van der Waals surface area contributed by atoms with Crippen LogP contribution >= 0.6 is 11.3 Å². The van der Waals surface area contributed by atoms with Crippen molar-refractivity contribution in [2.75, 3.05) is 11.4 Å². The maximum Gasteiger partial charge on any atom is 0.303 e. The lowest BCUT2D eigenvalue weighted by molar-refractivity contribution is -0.137. The molecule has 0 atom stereocenters. The Balaban J connectivity index is 2.06. The van der Waals surface area contributed by atoms with Gasteiger partial charge in [0, 0.05) is 18.7 Å². The van der Waals surface area contributed by atoms with E-state index in [0.29, 0.717) is 13.0 Å². The SMILES string of the molecule is CC(C)(C)c1ccc(N(CCC=CCCCC(=O)O)C(=O)c2cccs2)cc1. The Morgan fingerprint density at radius 1 is 1.07 bits per heavy atom. The minimum absolute atomic E-state index is 0.0118. The molecule has 4 nitrogen and oxygen atoms in total. The quantitative estimate of drug-likeness (QED) is 0.422. The fraction of sp³-hybridized carbons (Fsp3) is 0.391. The Bertz CT molecular complexity index is 786. The summed E-state index contributed by atoms with van der Waals surface area (Å²) in [5.74, 6) is -0.752. The molecular formula is C23H29NO3S. The smallest absolute Gasteiger partial charge is 0.303 e. The molecule has 150 valence electrons. The molecule has 0 aliphatic rings. The molecule has 0 fully saturated rings. The van der Waals surface area contributed by atoms with Crippen LogP contribution in [0.2, 0.25) is 0 Å². The Morgan fingerprint density at radius 2 is 1.75 bits per heavy atom. The van der Waals surface area contributed by atoms with Crippen LogP contribution in [0.5, 0.6) is 0 Å². The molecule has 0 aliphatic carbocycles. The van der Waals surface area contributed by atoms with E-state index < -0.39 is 5.97 Å². The van der Waals surface area contributed by atoms with Crippen LogP contribution in [-0.2, 0) is 10.2 Å². The largest absolute Gasteiger partial charge is 0.481 e. The number of amides is 1. The highest BCUT2D eigenvalue weighted by Gasteiger charge is 2.19. The van der Waals surface area contributed by atoms with Crippen molar-refractivity contribution in [3.63, 3.8) is 0 Å². The third kappa shape index (κ3) is 6.64. The van der Waals surface area contributed by atoms with Crippen LogP contribution < -0.4 is 4.90 Å². The first-order chi connectivity index (χ1) is 13.3. The predicted octanol–water partition coefficient (Wildman–Crippen LogP) is 5.89. The lowest BCUT2D eigenvalue weighted by Gasteiger charge is -2.24. The molecule has 0 radical (unpaired) electrons. The van der Waals surface area contributed by atoms with Gasteiger partial charge < -0.3 is 10.0 Å². The van der Waals surface area contributed by atoms with Gasteiger partial charge in [0.1, 0.15) is 0 Å². The summed E-state index contributed by atoms with van der Waals surface area (Å²) in [6.07, 6.45) is 6.32. The number of aliphatic carboxylic acids is 1. The number of unbranched alkanes of at least 4 members (excludes halogenated alkanes) is 1. The molecule has 2 rings (SSSR count). The van der Waals surface area contributed by atoms with E-state index in [-0.39, 0.29) is 17.7 Å². The highest BCUT2D eigenvalue weighted by atomic mass is 32.1. The summed E-state index contributed by atoms with van der Waals surface area (Å²) in [7, 11) is 0. The Hall–Kier alpha value is -2.40. The van der Waals surface area contributed by atoms with Gasteiger partial charge in [-0.15, -0.1) is 11.3 Å². The van der Waals surface area contributed by atoms with Crippen molar-refractivity contribution in [3.05, 3.63) is 64.4 Å². The number of carbonyl (C=O) groups excluding carboxylic acids is 1. The molecule has 1 heterocycles. The molecule has 1 N–H and O–H groups in total. The van der Waals surface area contributed by atoms with E-state index >= 15 is 0 Å². The molecule has 0 unspecified atom stereocenters. The first kappa shape index (κ1) is 21.9. The van der Waals surface area contributed by atoms with E-state index in [1.54, 1.807) is 0 Å². The van der Waals surface area contributed by atoms with Crippen LogP contribution in [0.4, 0.5) is 5.69 Å². The number of allylic oxidation sites excluding steroid dienone is 1.